The first-order valence-electron chi connectivity index (χ1n) is 7.94. The van der Waals surface area contributed by atoms with Crippen LogP contribution in [0.15, 0.2) is 4.99 Å². The van der Waals surface area contributed by atoms with Gasteiger partial charge in [0.2, 0.25) is 11.8 Å². The molecule has 0 aromatic carbocycles. The summed E-state index contributed by atoms with van der Waals surface area (Å²) in [5.41, 5.74) is -0.838. The summed E-state index contributed by atoms with van der Waals surface area (Å²) < 4.78 is 0. The van der Waals surface area contributed by atoms with Crippen LogP contribution in [0.2, 0.25) is 0 Å². The molecule has 0 spiro atoms. The van der Waals surface area contributed by atoms with E-state index < -0.39 is 5.41 Å². The molecule has 0 fully saturated rings. The lowest BCUT2D eigenvalue weighted by atomic mass is 9.92. The molecule has 0 saturated heterocycles. The normalized spacial score (nSPS) is 12.6. The quantitative estimate of drug-likeness (QED) is 0.492. The van der Waals surface area contributed by atoms with Crippen LogP contribution in [0.4, 0.5) is 0 Å². The van der Waals surface area contributed by atoms with Crippen molar-refractivity contribution in [2.45, 2.75) is 47.1 Å². The lowest BCUT2D eigenvalue weighted by Gasteiger charge is -2.28. The van der Waals surface area contributed by atoms with E-state index >= 15 is 0 Å². The summed E-state index contributed by atoms with van der Waals surface area (Å²) in [5, 5.41) is 8.88. The fraction of sp³-hybridized carbons (Fsp3) is 0.812. The molecular formula is C16H33N5O2. The Morgan fingerprint density at radius 3 is 2.09 bits per heavy atom. The van der Waals surface area contributed by atoms with Crippen molar-refractivity contribution in [3.05, 3.63) is 0 Å². The molecule has 2 amide bonds. The number of nitrogens with zero attached hydrogens (tertiary/aromatic N) is 2. The first-order chi connectivity index (χ1) is 10.4. The molecule has 0 aliphatic heterocycles. The Morgan fingerprint density at radius 2 is 1.65 bits per heavy atom. The first-order valence-corrected chi connectivity index (χ1v) is 7.94. The standard InChI is InChI=1S/C16H33N5O2/c1-9-18-13(23)16(5,6)11-19-14(17-7)21(8)10-12(22)20-15(2,3)4/h9-11H2,1-8H3,(H,17,19)(H,18,23)(H,20,22). The van der Waals surface area contributed by atoms with Gasteiger partial charge in [-0.2, -0.15) is 0 Å². The Balaban J connectivity index is 4.61. The molecule has 0 unspecified atom stereocenters. The van der Waals surface area contributed by atoms with E-state index in [9.17, 15) is 9.59 Å². The van der Waals surface area contributed by atoms with E-state index in [1.54, 1.807) is 19.0 Å². The van der Waals surface area contributed by atoms with Crippen LogP contribution in [0.25, 0.3) is 0 Å². The van der Waals surface area contributed by atoms with Crippen molar-refractivity contribution < 1.29 is 9.59 Å². The minimum Gasteiger partial charge on any atom is -0.356 e. The number of likely N-dealkylation sites (N-methyl/N-ethyl adjacent to an activating group) is 1. The largest absolute Gasteiger partial charge is 0.356 e. The fourth-order valence-corrected chi connectivity index (χ4v) is 1.91. The number of carbonyl (C=O) groups excluding carboxylic acids is 2. The van der Waals surface area contributed by atoms with Crippen LogP contribution in [0.3, 0.4) is 0 Å². The van der Waals surface area contributed by atoms with Crippen LogP contribution in [0, 0.1) is 5.41 Å². The minimum absolute atomic E-state index is 0.0175. The van der Waals surface area contributed by atoms with Crippen molar-refractivity contribution in [3.8, 4) is 0 Å². The summed E-state index contributed by atoms with van der Waals surface area (Å²) in [5.74, 6) is 0.480. The highest BCUT2D eigenvalue weighted by Crippen LogP contribution is 2.13. The summed E-state index contributed by atoms with van der Waals surface area (Å²) in [4.78, 5) is 29.9. The number of hydrogen-bond donors (Lipinski definition) is 3. The maximum absolute atomic E-state index is 12.0. The van der Waals surface area contributed by atoms with Gasteiger partial charge >= 0.3 is 0 Å². The number of hydrogen-bond acceptors (Lipinski definition) is 3. The van der Waals surface area contributed by atoms with E-state index in [0.717, 1.165) is 0 Å². The summed E-state index contributed by atoms with van der Waals surface area (Å²) in [6, 6.07) is 0. The van der Waals surface area contributed by atoms with Gasteiger partial charge in [-0.3, -0.25) is 14.6 Å². The smallest absolute Gasteiger partial charge is 0.240 e. The summed E-state index contributed by atoms with van der Waals surface area (Å²) >= 11 is 0. The number of nitrogens with one attached hydrogen (secondary N) is 3. The van der Waals surface area contributed by atoms with Gasteiger partial charge in [0.1, 0.15) is 0 Å². The molecule has 7 nitrogen and oxygen atoms in total. The Bertz CT molecular complexity index is 438. The highest BCUT2D eigenvalue weighted by atomic mass is 16.2. The third kappa shape index (κ3) is 8.42. The van der Waals surface area contributed by atoms with Crippen molar-refractivity contribution in [1.82, 2.24) is 20.9 Å². The predicted octanol–water partition coefficient (Wildman–Crippen LogP) is 0.571. The number of carbonyl (C=O) groups is 2. The maximum atomic E-state index is 12.0. The van der Waals surface area contributed by atoms with E-state index in [1.807, 2.05) is 41.5 Å². The molecule has 0 aromatic rings. The van der Waals surface area contributed by atoms with Crippen molar-refractivity contribution in [2.75, 3.05) is 33.7 Å². The zero-order valence-corrected chi connectivity index (χ0v) is 15.8. The highest BCUT2D eigenvalue weighted by Gasteiger charge is 2.27. The van der Waals surface area contributed by atoms with Gasteiger partial charge in [0, 0.05) is 32.7 Å². The second-order valence-electron chi connectivity index (χ2n) is 7.30. The van der Waals surface area contributed by atoms with Gasteiger partial charge in [-0.25, -0.2) is 0 Å². The molecule has 0 aliphatic carbocycles. The van der Waals surface area contributed by atoms with Crippen LogP contribution in [0.1, 0.15) is 41.5 Å². The van der Waals surface area contributed by atoms with Crippen LogP contribution in [0.5, 0.6) is 0 Å². The topological polar surface area (TPSA) is 85.8 Å². The molecule has 0 radical (unpaired) electrons. The lowest BCUT2D eigenvalue weighted by Crippen LogP contribution is -2.51. The second-order valence-corrected chi connectivity index (χ2v) is 7.30. The maximum Gasteiger partial charge on any atom is 0.240 e. The van der Waals surface area contributed by atoms with Crippen LogP contribution in [-0.2, 0) is 9.59 Å². The van der Waals surface area contributed by atoms with Crippen LogP contribution < -0.4 is 16.0 Å². The SMILES string of the molecule is CCNC(=O)C(C)(C)CNC(=NC)N(C)CC(=O)NC(C)(C)C. The van der Waals surface area contributed by atoms with Gasteiger partial charge < -0.3 is 20.9 Å². The Morgan fingerprint density at radius 1 is 1.09 bits per heavy atom. The molecule has 23 heavy (non-hydrogen) atoms. The van der Waals surface area contributed by atoms with E-state index in [4.69, 9.17) is 0 Å². The zero-order valence-electron chi connectivity index (χ0n) is 15.8. The van der Waals surface area contributed by atoms with Crippen LogP contribution >= 0.6 is 0 Å². The van der Waals surface area contributed by atoms with Gasteiger partial charge in [0.05, 0.1) is 12.0 Å². The van der Waals surface area contributed by atoms with E-state index in [-0.39, 0.29) is 23.9 Å². The Labute approximate surface area is 140 Å². The van der Waals surface area contributed by atoms with E-state index in [0.29, 0.717) is 19.0 Å². The molecular weight excluding hydrogens is 294 g/mol. The fourth-order valence-electron chi connectivity index (χ4n) is 1.91. The third-order valence-corrected chi connectivity index (χ3v) is 3.11. The van der Waals surface area contributed by atoms with Crippen molar-refractivity contribution in [2.24, 2.45) is 10.4 Å². The molecule has 134 valence electrons. The second kappa shape index (κ2) is 8.74. The third-order valence-electron chi connectivity index (χ3n) is 3.11. The molecule has 0 rings (SSSR count). The monoisotopic (exact) mass is 327 g/mol. The molecule has 0 aliphatic rings. The molecule has 0 bridgehead atoms. The number of amides is 2. The molecule has 0 aromatic heterocycles. The predicted molar refractivity (Wildman–Crippen MR) is 94.4 cm³/mol. The average Bonchev–Trinajstić information content (AvgIpc) is 2.36. The van der Waals surface area contributed by atoms with E-state index in [1.165, 1.54) is 0 Å². The molecule has 0 atom stereocenters. The first kappa shape index (κ1) is 21.2. The average molecular weight is 327 g/mol. The summed E-state index contributed by atoms with van der Waals surface area (Å²) in [7, 11) is 3.44. The summed E-state index contributed by atoms with van der Waals surface area (Å²) in [6.45, 7) is 12.7. The Kier molecular flexibility index (Phi) is 8.06. The number of rotatable bonds is 6. The lowest BCUT2D eigenvalue weighted by molar-refractivity contribution is -0.129. The zero-order chi connectivity index (χ0) is 18.3. The molecule has 0 heterocycles. The highest BCUT2D eigenvalue weighted by molar-refractivity contribution is 5.87. The molecule has 7 heteroatoms. The molecule has 3 N–H and O–H groups in total. The molecule has 0 saturated carbocycles. The number of guanidine groups is 1. The Hall–Kier alpha value is -1.79. The van der Waals surface area contributed by atoms with Crippen molar-refractivity contribution in [3.63, 3.8) is 0 Å². The van der Waals surface area contributed by atoms with Gasteiger partial charge in [0.15, 0.2) is 5.96 Å². The van der Waals surface area contributed by atoms with Gasteiger partial charge in [-0.05, 0) is 41.5 Å². The van der Waals surface area contributed by atoms with Crippen molar-refractivity contribution in [1.29, 1.82) is 0 Å². The van der Waals surface area contributed by atoms with Gasteiger partial charge in [-0.15, -0.1) is 0 Å². The summed E-state index contributed by atoms with van der Waals surface area (Å²) in [6.07, 6.45) is 0. The van der Waals surface area contributed by atoms with Crippen LogP contribution in [-0.4, -0.2) is 61.9 Å². The van der Waals surface area contributed by atoms with E-state index in [2.05, 4.69) is 20.9 Å². The number of aliphatic imine (C=N–C) groups is 1. The minimum atomic E-state index is -0.569. The van der Waals surface area contributed by atoms with Crippen molar-refractivity contribution >= 4 is 17.8 Å². The van der Waals surface area contributed by atoms with Gasteiger partial charge in [-0.1, -0.05) is 0 Å². The van der Waals surface area contributed by atoms with Gasteiger partial charge in [0.25, 0.3) is 0 Å².